The van der Waals surface area contributed by atoms with Crippen LogP contribution >= 0.6 is 0 Å². The third-order valence-corrected chi connectivity index (χ3v) is 4.07. The highest BCUT2D eigenvalue weighted by molar-refractivity contribution is 7.90. The average molecular weight is 281 g/mol. The first-order valence-electron chi connectivity index (χ1n) is 4.40. The summed E-state index contributed by atoms with van der Waals surface area (Å²) in [5.41, 5.74) is 4.99. The molecule has 0 spiro atoms. The molecule has 3 N–H and O–H groups in total. The molecule has 96 valence electrons. The minimum atomic E-state index is -4.61. The zero-order chi connectivity index (χ0) is 13.1. The van der Waals surface area contributed by atoms with Gasteiger partial charge in [-0.05, 0) is 12.1 Å². The van der Waals surface area contributed by atoms with Crippen molar-refractivity contribution in [2.75, 3.05) is 5.75 Å². The molecule has 0 amide bonds. The quantitative estimate of drug-likeness (QED) is 0.554. The van der Waals surface area contributed by atoms with Gasteiger partial charge in [-0.25, -0.2) is 0 Å². The summed E-state index contributed by atoms with van der Waals surface area (Å²) in [6.45, 7) is 0. The van der Waals surface area contributed by atoms with E-state index in [4.69, 9.17) is 10.3 Å². The number of benzene rings is 1. The standard InChI is InChI=1S/C8H11NO6S2/c9-8(17(12,13)14)6-16(10,11)15-7-4-2-1-3-5-7/h1-5,8H,6,9H2,(H,12,13,14). The van der Waals surface area contributed by atoms with Crippen molar-refractivity contribution in [3.63, 3.8) is 0 Å². The molecule has 1 unspecified atom stereocenters. The molecule has 0 saturated carbocycles. The largest absolute Gasteiger partial charge is 0.382 e. The van der Waals surface area contributed by atoms with Gasteiger partial charge in [0.1, 0.15) is 11.5 Å². The second-order valence-electron chi connectivity index (χ2n) is 3.17. The molecule has 0 aromatic heterocycles. The van der Waals surface area contributed by atoms with Gasteiger partial charge in [-0.15, -0.1) is 0 Å². The lowest BCUT2D eigenvalue weighted by Crippen LogP contribution is -2.38. The summed E-state index contributed by atoms with van der Waals surface area (Å²) in [5.74, 6) is -0.990. The fourth-order valence-electron chi connectivity index (χ4n) is 0.944. The molecule has 1 rings (SSSR count). The summed E-state index contributed by atoms with van der Waals surface area (Å²) in [6, 6.07) is 7.53. The van der Waals surface area contributed by atoms with Gasteiger partial charge in [0.15, 0.2) is 5.37 Å². The molecule has 0 heterocycles. The highest BCUT2D eigenvalue weighted by atomic mass is 32.2. The summed E-state index contributed by atoms with van der Waals surface area (Å²) >= 11 is 0. The first kappa shape index (κ1) is 13.9. The molecule has 0 aliphatic heterocycles. The van der Waals surface area contributed by atoms with Gasteiger partial charge in [-0.2, -0.15) is 16.8 Å². The monoisotopic (exact) mass is 281 g/mol. The molecule has 0 aliphatic carbocycles. The Labute approximate surface area is 99.1 Å². The van der Waals surface area contributed by atoms with Crippen molar-refractivity contribution < 1.29 is 25.6 Å². The van der Waals surface area contributed by atoms with Crippen LogP contribution in [0.3, 0.4) is 0 Å². The molecule has 0 radical (unpaired) electrons. The van der Waals surface area contributed by atoms with Gasteiger partial charge in [0.05, 0.1) is 0 Å². The molecule has 17 heavy (non-hydrogen) atoms. The van der Waals surface area contributed by atoms with Crippen LogP contribution in [0.2, 0.25) is 0 Å². The summed E-state index contributed by atoms with van der Waals surface area (Å²) in [6.07, 6.45) is 0. The van der Waals surface area contributed by atoms with Crippen molar-refractivity contribution in [3.8, 4) is 5.75 Å². The Morgan fingerprint density at radius 3 is 2.18 bits per heavy atom. The zero-order valence-corrected chi connectivity index (χ0v) is 10.2. The highest BCUT2D eigenvalue weighted by Gasteiger charge is 2.26. The molecule has 7 nitrogen and oxygen atoms in total. The molecule has 1 aromatic rings. The number of hydrogen-bond donors (Lipinski definition) is 2. The summed E-state index contributed by atoms with van der Waals surface area (Å²) in [7, 11) is -8.79. The van der Waals surface area contributed by atoms with E-state index in [2.05, 4.69) is 4.18 Å². The van der Waals surface area contributed by atoms with Crippen LogP contribution in [0.5, 0.6) is 5.75 Å². The van der Waals surface area contributed by atoms with E-state index in [0.717, 1.165) is 0 Å². The number of hydrogen-bond acceptors (Lipinski definition) is 6. The predicted molar refractivity (Wildman–Crippen MR) is 60.4 cm³/mol. The molecule has 0 saturated heterocycles. The lowest BCUT2D eigenvalue weighted by molar-refractivity contribution is 0.460. The number of nitrogens with two attached hydrogens (primary N) is 1. The van der Waals surface area contributed by atoms with E-state index < -0.39 is 31.4 Å². The minimum absolute atomic E-state index is 0.0371. The Morgan fingerprint density at radius 2 is 1.71 bits per heavy atom. The predicted octanol–water partition coefficient (Wildman–Crippen LogP) is -0.432. The summed E-state index contributed by atoms with van der Waals surface area (Å²) < 4.78 is 57.0. The first-order valence-corrected chi connectivity index (χ1v) is 7.48. The summed E-state index contributed by atoms with van der Waals surface area (Å²) in [5, 5.41) is -1.93. The van der Waals surface area contributed by atoms with Crippen LogP contribution in [0.25, 0.3) is 0 Å². The van der Waals surface area contributed by atoms with Crippen molar-refractivity contribution in [3.05, 3.63) is 30.3 Å². The Morgan fingerprint density at radius 1 is 1.18 bits per heavy atom. The smallest absolute Gasteiger partial charge is 0.311 e. The number of para-hydroxylation sites is 1. The normalized spacial score (nSPS) is 14.2. The minimum Gasteiger partial charge on any atom is -0.382 e. The lowest BCUT2D eigenvalue weighted by Gasteiger charge is -2.10. The van der Waals surface area contributed by atoms with Crippen LogP contribution in [-0.4, -0.2) is 32.5 Å². The average Bonchev–Trinajstić information content (AvgIpc) is 2.16. The van der Waals surface area contributed by atoms with Gasteiger partial charge in [0, 0.05) is 0 Å². The second kappa shape index (κ2) is 5.00. The van der Waals surface area contributed by atoms with Gasteiger partial charge in [0.25, 0.3) is 10.1 Å². The SMILES string of the molecule is NC(CS(=O)(=O)Oc1ccccc1)S(=O)(=O)O. The van der Waals surface area contributed by atoms with Crippen LogP contribution in [0, 0.1) is 0 Å². The van der Waals surface area contributed by atoms with Gasteiger partial charge < -0.3 is 9.92 Å². The van der Waals surface area contributed by atoms with Crippen LogP contribution < -0.4 is 9.92 Å². The Balaban J connectivity index is 2.78. The van der Waals surface area contributed by atoms with Gasteiger partial charge in [-0.1, -0.05) is 18.2 Å². The Bertz CT molecular complexity index is 565. The van der Waals surface area contributed by atoms with Crippen molar-refractivity contribution in [1.29, 1.82) is 0 Å². The Hall–Kier alpha value is -1.16. The van der Waals surface area contributed by atoms with E-state index in [-0.39, 0.29) is 5.75 Å². The highest BCUT2D eigenvalue weighted by Crippen LogP contribution is 2.12. The van der Waals surface area contributed by atoms with E-state index in [0.29, 0.717) is 0 Å². The maximum atomic E-state index is 11.4. The van der Waals surface area contributed by atoms with E-state index in [9.17, 15) is 16.8 Å². The van der Waals surface area contributed by atoms with Crippen molar-refractivity contribution in [2.24, 2.45) is 5.73 Å². The van der Waals surface area contributed by atoms with Crippen LogP contribution in [-0.2, 0) is 20.2 Å². The van der Waals surface area contributed by atoms with E-state index in [1.807, 2.05) is 0 Å². The van der Waals surface area contributed by atoms with Crippen molar-refractivity contribution >= 4 is 20.2 Å². The molecule has 1 atom stereocenters. The fourth-order valence-corrected chi connectivity index (χ4v) is 3.01. The van der Waals surface area contributed by atoms with Crippen molar-refractivity contribution in [2.45, 2.75) is 5.37 Å². The second-order valence-corrected chi connectivity index (χ2v) is 6.42. The van der Waals surface area contributed by atoms with Gasteiger partial charge in [0.2, 0.25) is 0 Å². The molecule has 9 heteroatoms. The topological polar surface area (TPSA) is 124 Å². The Kier molecular flexibility index (Phi) is 4.09. The van der Waals surface area contributed by atoms with Gasteiger partial charge in [-0.3, -0.25) is 4.55 Å². The fraction of sp³-hybridized carbons (Fsp3) is 0.250. The number of rotatable bonds is 5. The molecule has 0 aliphatic rings. The van der Waals surface area contributed by atoms with E-state index >= 15 is 0 Å². The van der Waals surface area contributed by atoms with Gasteiger partial charge >= 0.3 is 10.1 Å². The zero-order valence-electron chi connectivity index (χ0n) is 8.55. The first-order chi connectivity index (χ1) is 7.71. The molecule has 1 aromatic carbocycles. The van der Waals surface area contributed by atoms with E-state index in [1.54, 1.807) is 18.2 Å². The third-order valence-electron chi connectivity index (χ3n) is 1.72. The summed E-state index contributed by atoms with van der Waals surface area (Å²) in [4.78, 5) is 0. The van der Waals surface area contributed by atoms with Crippen molar-refractivity contribution in [1.82, 2.24) is 0 Å². The molecule has 0 bridgehead atoms. The molecule has 0 fully saturated rings. The maximum Gasteiger partial charge on any atom is 0.311 e. The van der Waals surface area contributed by atoms with Crippen LogP contribution in [0.15, 0.2) is 30.3 Å². The van der Waals surface area contributed by atoms with E-state index in [1.165, 1.54) is 12.1 Å². The lowest BCUT2D eigenvalue weighted by atomic mass is 10.3. The van der Waals surface area contributed by atoms with Crippen LogP contribution in [0.1, 0.15) is 0 Å². The third kappa shape index (κ3) is 4.69. The van der Waals surface area contributed by atoms with Crippen LogP contribution in [0.4, 0.5) is 0 Å². The maximum absolute atomic E-state index is 11.4. The molecular formula is C8H11NO6S2. The molecular weight excluding hydrogens is 270 g/mol.